The van der Waals surface area contributed by atoms with Crippen molar-refractivity contribution in [3.8, 4) is 5.75 Å². The Labute approximate surface area is 128 Å². The molecular formula is C17H19NO4. The highest BCUT2D eigenvalue weighted by Gasteiger charge is 2.27. The van der Waals surface area contributed by atoms with Crippen LogP contribution in [-0.2, 0) is 0 Å². The van der Waals surface area contributed by atoms with Crippen molar-refractivity contribution in [3.63, 3.8) is 0 Å². The van der Waals surface area contributed by atoms with Crippen LogP contribution >= 0.6 is 0 Å². The fourth-order valence-electron chi connectivity index (χ4n) is 2.98. The fraction of sp³-hybridized carbons (Fsp3) is 0.412. The molecule has 1 aromatic carbocycles. The fourth-order valence-corrected chi connectivity index (χ4v) is 2.98. The first-order chi connectivity index (χ1) is 10.6. The number of ether oxygens (including phenoxy) is 1. The third-order valence-corrected chi connectivity index (χ3v) is 4.24. The lowest BCUT2D eigenvalue weighted by atomic mass is 10.0. The Kier molecular flexibility index (Phi) is 3.88. The largest absolute Gasteiger partial charge is 0.493 e. The number of carbonyl (C=O) groups is 1. The van der Waals surface area contributed by atoms with Crippen LogP contribution in [0, 0.1) is 0 Å². The number of methoxy groups -OCH3 is 1. The van der Waals surface area contributed by atoms with Crippen molar-refractivity contribution in [1.29, 1.82) is 0 Å². The van der Waals surface area contributed by atoms with Crippen LogP contribution < -0.4 is 10.4 Å². The molecule has 0 spiro atoms. The summed E-state index contributed by atoms with van der Waals surface area (Å²) >= 11 is 0. The van der Waals surface area contributed by atoms with E-state index >= 15 is 0 Å². The van der Waals surface area contributed by atoms with Crippen molar-refractivity contribution < 1.29 is 13.9 Å². The highest BCUT2D eigenvalue weighted by molar-refractivity contribution is 5.97. The Morgan fingerprint density at radius 1 is 1.36 bits per heavy atom. The summed E-state index contributed by atoms with van der Waals surface area (Å²) in [4.78, 5) is 26.7. The van der Waals surface area contributed by atoms with Gasteiger partial charge in [0, 0.05) is 18.0 Å². The van der Waals surface area contributed by atoms with Crippen LogP contribution in [0.2, 0.25) is 0 Å². The number of piperidine rings is 1. The molecule has 2 heterocycles. The van der Waals surface area contributed by atoms with E-state index in [1.54, 1.807) is 29.2 Å². The number of rotatable bonds is 2. The maximum Gasteiger partial charge on any atom is 0.349 e. The monoisotopic (exact) mass is 301 g/mol. The van der Waals surface area contributed by atoms with Crippen LogP contribution in [0.5, 0.6) is 5.75 Å². The molecule has 5 nitrogen and oxygen atoms in total. The van der Waals surface area contributed by atoms with E-state index in [0.29, 0.717) is 23.3 Å². The van der Waals surface area contributed by atoms with Crippen LogP contribution in [0.25, 0.3) is 11.0 Å². The molecule has 3 rings (SSSR count). The summed E-state index contributed by atoms with van der Waals surface area (Å²) in [6, 6.07) is 7.09. The lowest BCUT2D eigenvalue weighted by Gasteiger charge is -2.33. The molecule has 0 saturated carbocycles. The Balaban J connectivity index is 2.05. The van der Waals surface area contributed by atoms with Gasteiger partial charge in [0.05, 0.1) is 7.11 Å². The van der Waals surface area contributed by atoms with Gasteiger partial charge >= 0.3 is 5.63 Å². The molecule has 1 aliphatic rings. The highest BCUT2D eigenvalue weighted by Crippen LogP contribution is 2.25. The molecule has 0 aliphatic carbocycles. The van der Waals surface area contributed by atoms with E-state index in [4.69, 9.17) is 9.15 Å². The smallest absolute Gasteiger partial charge is 0.349 e. The van der Waals surface area contributed by atoms with Gasteiger partial charge in [-0.15, -0.1) is 0 Å². The molecule has 0 unspecified atom stereocenters. The predicted molar refractivity (Wildman–Crippen MR) is 83.4 cm³/mol. The molecule has 1 fully saturated rings. The van der Waals surface area contributed by atoms with Gasteiger partial charge in [-0.05, 0) is 38.3 Å². The first kappa shape index (κ1) is 14.6. The summed E-state index contributed by atoms with van der Waals surface area (Å²) in [6.45, 7) is 2.71. The molecular weight excluding hydrogens is 282 g/mol. The highest BCUT2D eigenvalue weighted by atomic mass is 16.5. The average molecular weight is 301 g/mol. The normalized spacial score (nSPS) is 18.5. The zero-order valence-electron chi connectivity index (χ0n) is 12.8. The first-order valence-electron chi connectivity index (χ1n) is 7.53. The molecule has 0 bridgehead atoms. The number of nitrogens with zero attached hydrogens (tertiary/aromatic N) is 1. The van der Waals surface area contributed by atoms with Crippen molar-refractivity contribution in [1.82, 2.24) is 4.90 Å². The second-order valence-corrected chi connectivity index (χ2v) is 5.67. The molecule has 1 aliphatic heterocycles. The molecule has 116 valence electrons. The van der Waals surface area contributed by atoms with E-state index in [9.17, 15) is 9.59 Å². The van der Waals surface area contributed by atoms with Gasteiger partial charge < -0.3 is 14.1 Å². The minimum Gasteiger partial charge on any atom is -0.493 e. The quantitative estimate of drug-likeness (QED) is 0.800. The van der Waals surface area contributed by atoms with Crippen LogP contribution in [0.15, 0.2) is 33.5 Å². The summed E-state index contributed by atoms with van der Waals surface area (Å²) in [5, 5.41) is 0.687. The van der Waals surface area contributed by atoms with E-state index < -0.39 is 5.63 Å². The summed E-state index contributed by atoms with van der Waals surface area (Å²) in [6.07, 6.45) is 3.07. The zero-order chi connectivity index (χ0) is 15.7. The summed E-state index contributed by atoms with van der Waals surface area (Å²) in [5.74, 6) is 0.241. The Bertz CT molecular complexity index is 765. The zero-order valence-corrected chi connectivity index (χ0v) is 12.8. The Morgan fingerprint density at radius 3 is 2.91 bits per heavy atom. The maximum absolute atomic E-state index is 12.7. The molecule has 1 aromatic heterocycles. The maximum atomic E-state index is 12.7. The van der Waals surface area contributed by atoms with Gasteiger partial charge in [0.1, 0.15) is 5.56 Å². The Hall–Kier alpha value is -2.30. The summed E-state index contributed by atoms with van der Waals surface area (Å²) in [7, 11) is 1.52. The predicted octanol–water partition coefficient (Wildman–Crippen LogP) is 2.82. The topological polar surface area (TPSA) is 59.8 Å². The van der Waals surface area contributed by atoms with Crippen LogP contribution in [0.1, 0.15) is 36.5 Å². The minimum atomic E-state index is -0.611. The number of carbonyl (C=O) groups excluding carboxylic acids is 1. The molecule has 1 saturated heterocycles. The average Bonchev–Trinajstić information content (AvgIpc) is 2.53. The number of amides is 1. The van der Waals surface area contributed by atoms with E-state index in [-0.39, 0.29) is 17.5 Å². The van der Waals surface area contributed by atoms with Crippen LogP contribution in [0.3, 0.4) is 0 Å². The number of hydrogen-bond donors (Lipinski definition) is 0. The SMILES string of the molecule is COc1cccc2cc(C(=O)N3CCCC[C@H]3C)c(=O)oc12. The number of benzene rings is 1. The third-order valence-electron chi connectivity index (χ3n) is 4.24. The number of fused-ring (bicyclic) bond motifs is 1. The Morgan fingerprint density at radius 2 is 2.18 bits per heavy atom. The second-order valence-electron chi connectivity index (χ2n) is 5.67. The molecule has 5 heteroatoms. The van der Waals surface area contributed by atoms with Crippen molar-refractivity contribution in [2.45, 2.75) is 32.2 Å². The number of para-hydroxylation sites is 1. The van der Waals surface area contributed by atoms with Crippen LogP contribution in [-0.4, -0.2) is 30.5 Å². The molecule has 1 amide bonds. The van der Waals surface area contributed by atoms with Crippen molar-refractivity contribution in [3.05, 3.63) is 40.2 Å². The lowest BCUT2D eigenvalue weighted by Crippen LogP contribution is -2.43. The molecule has 22 heavy (non-hydrogen) atoms. The van der Waals surface area contributed by atoms with Gasteiger partial charge in [-0.25, -0.2) is 4.79 Å². The van der Waals surface area contributed by atoms with Gasteiger partial charge in [-0.3, -0.25) is 4.79 Å². The van der Waals surface area contributed by atoms with Gasteiger partial charge in [-0.1, -0.05) is 12.1 Å². The number of likely N-dealkylation sites (tertiary alicyclic amines) is 1. The standard InChI is InChI=1S/C17H19NO4/c1-11-6-3-4-9-18(11)16(19)13-10-12-7-5-8-14(21-2)15(12)22-17(13)20/h5,7-8,10-11H,3-4,6,9H2,1-2H3/t11-/m1/s1. The third kappa shape index (κ3) is 2.47. The number of hydrogen-bond acceptors (Lipinski definition) is 4. The van der Waals surface area contributed by atoms with Gasteiger partial charge in [0.25, 0.3) is 5.91 Å². The lowest BCUT2D eigenvalue weighted by molar-refractivity contribution is 0.0631. The van der Waals surface area contributed by atoms with Gasteiger partial charge in [0.15, 0.2) is 11.3 Å². The van der Waals surface area contributed by atoms with Crippen molar-refractivity contribution >= 4 is 16.9 Å². The molecule has 1 atom stereocenters. The molecule has 2 aromatic rings. The first-order valence-corrected chi connectivity index (χ1v) is 7.53. The van der Waals surface area contributed by atoms with Crippen molar-refractivity contribution in [2.24, 2.45) is 0 Å². The van der Waals surface area contributed by atoms with E-state index in [1.807, 2.05) is 6.92 Å². The van der Waals surface area contributed by atoms with Gasteiger partial charge in [0.2, 0.25) is 0 Å². The van der Waals surface area contributed by atoms with Crippen LogP contribution in [0.4, 0.5) is 0 Å². The second kappa shape index (κ2) is 5.83. The van der Waals surface area contributed by atoms with E-state index in [0.717, 1.165) is 19.3 Å². The molecule has 0 N–H and O–H groups in total. The van der Waals surface area contributed by atoms with E-state index in [1.165, 1.54) is 7.11 Å². The van der Waals surface area contributed by atoms with Gasteiger partial charge in [-0.2, -0.15) is 0 Å². The minimum absolute atomic E-state index is 0.0921. The summed E-state index contributed by atoms with van der Waals surface area (Å²) in [5.41, 5.74) is -0.146. The molecule has 0 radical (unpaired) electrons. The summed E-state index contributed by atoms with van der Waals surface area (Å²) < 4.78 is 10.5. The van der Waals surface area contributed by atoms with Crippen molar-refractivity contribution in [2.75, 3.05) is 13.7 Å². The van der Waals surface area contributed by atoms with E-state index in [2.05, 4.69) is 0 Å².